The van der Waals surface area contributed by atoms with E-state index in [0.717, 1.165) is 24.7 Å². The summed E-state index contributed by atoms with van der Waals surface area (Å²) in [5, 5.41) is 3.27. The maximum absolute atomic E-state index is 11.7. The van der Waals surface area contributed by atoms with Gasteiger partial charge in [0.15, 0.2) is 11.5 Å². The van der Waals surface area contributed by atoms with Crippen LogP contribution in [0.25, 0.3) is 0 Å². The van der Waals surface area contributed by atoms with Crippen LogP contribution in [0.2, 0.25) is 0 Å². The molecule has 7 nitrogen and oxygen atoms in total. The van der Waals surface area contributed by atoms with Crippen molar-refractivity contribution in [1.29, 1.82) is 0 Å². The van der Waals surface area contributed by atoms with Crippen molar-refractivity contribution in [2.75, 3.05) is 25.2 Å². The molecule has 0 aliphatic heterocycles. The summed E-state index contributed by atoms with van der Waals surface area (Å²) >= 11 is 0. The standard InChI is InChI=1S/C20H25NO6S/c1-4-19(22)26-20-17(8-5-9-18(20)25-2)21-14-6-7-15-10-12-16(13-11-15)27-28(3,23)24/h5,8-13,21H,4,6-7,14H2,1-3H3. The fraction of sp³-hybridized carbons (Fsp3) is 0.350. The molecule has 0 amide bonds. The second-order valence-corrected chi connectivity index (χ2v) is 7.70. The van der Waals surface area contributed by atoms with Gasteiger partial charge >= 0.3 is 16.1 Å². The average Bonchev–Trinajstić information content (AvgIpc) is 2.66. The zero-order chi connectivity index (χ0) is 20.6. The average molecular weight is 407 g/mol. The summed E-state index contributed by atoms with van der Waals surface area (Å²) in [6, 6.07) is 12.3. The number of nitrogens with one attached hydrogen (secondary N) is 1. The van der Waals surface area contributed by atoms with Gasteiger partial charge in [-0.25, -0.2) is 0 Å². The maximum atomic E-state index is 11.7. The predicted molar refractivity (Wildman–Crippen MR) is 108 cm³/mol. The smallest absolute Gasteiger partial charge is 0.311 e. The van der Waals surface area contributed by atoms with Gasteiger partial charge in [0.25, 0.3) is 0 Å². The summed E-state index contributed by atoms with van der Waals surface area (Å²) < 4.78 is 37.7. The number of hydrogen-bond donors (Lipinski definition) is 1. The Labute approximate surface area is 165 Å². The Kier molecular flexibility index (Phi) is 7.69. The number of aryl methyl sites for hydroxylation is 1. The van der Waals surface area contributed by atoms with Gasteiger partial charge in [0.2, 0.25) is 0 Å². The van der Waals surface area contributed by atoms with Gasteiger partial charge in [0, 0.05) is 13.0 Å². The summed E-state index contributed by atoms with van der Waals surface area (Å²) in [5.74, 6) is 0.847. The minimum atomic E-state index is -3.52. The van der Waals surface area contributed by atoms with Gasteiger partial charge in [0.05, 0.1) is 19.1 Å². The lowest BCUT2D eigenvalue weighted by atomic mass is 10.1. The molecule has 0 unspecified atom stereocenters. The number of esters is 1. The van der Waals surface area contributed by atoms with Crippen LogP contribution in [0, 0.1) is 0 Å². The van der Waals surface area contributed by atoms with E-state index in [9.17, 15) is 13.2 Å². The molecule has 28 heavy (non-hydrogen) atoms. The number of benzene rings is 2. The molecule has 1 N–H and O–H groups in total. The third kappa shape index (κ3) is 6.77. The monoisotopic (exact) mass is 407 g/mol. The van der Waals surface area contributed by atoms with Crippen LogP contribution < -0.4 is 19.0 Å². The van der Waals surface area contributed by atoms with E-state index in [1.54, 1.807) is 25.1 Å². The Morgan fingerprint density at radius 3 is 2.43 bits per heavy atom. The number of anilines is 1. The predicted octanol–water partition coefficient (Wildman–Crippen LogP) is 3.39. The van der Waals surface area contributed by atoms with E-state index in [-0.39, 0.29) is 12.4 Å². The normalized spacial score (nSPS) is 11.0. The molecule has 0 bridgehead atoms. The molecule has 0 aromatic heterocycles. The molecule has 0 saturated carbocycles. The third-order valence-corrected chi connectivity index (χ3v) is 4.33. The number of ether oxygens (including phenoxy) is 2. The van der Waals surface area contributed by atoms with Gasteiger partial charge in [-0.2, -0.15) is 8.42 Å². The van der Waals surface area contributed by atoms with Crippen LogP contribution in [0.4, 0.5) is 5.69 Å². The number of para-hydroxylation sites is 1. The minimum absolute atomic E-state index is 0.274. The van der Waals surface area contributed by atoms with Crippen LogP contribution in [0.5, 0.6) is 17.2 Å². The van der Waals surface area contributed by atoms with Crippen LogP contribution in [0.3, 0.4) is 0 Å². The molecule has 152 valence electrons. The summed E-state index contributed by atoms with van der Waals surface area (Å²) in [5.41, 5.74) is 1.75. The lowest BCUT2D eigenvalue weighted by molar-refractivity contribution is -0.134. The molecule has 2 rings (SSSR count). The zero-order valence-electron chi connectivity index (χ0n) is 16.2. The molecule has 0 fully saturated rings. The number of rotatable bonds is 10. The lowest BCUT2D eigenvalue weighted by Gasteiger charge is -2.15. The number of methoxy groups -OCH3 is 1. The van der Waals surface area contributed by atoms with Gasteiger partial charge in [-0.05, 0) is 42.7 Å². The van der Waals surface area contributed by atoms with E-state index in [4.69, 9.17) is 13.7 Å². The lowest BCUT2D eigenvalue weighted by Crippen LogP contribution is -2.10. The molecule has 0 radical (unpaired) electrons. The van der Waals surface area contributed by atoms with Crippen molar-refractivity contribution in [3.8, 4) is 17.2 Å². The molecular formula is C20H25NO6S. The fourth-order valence-electron chi connectivity index (χ4n) is 2.51. The van der Waals surface area contributed by atoms with Crippen LogP contribution >= 0.6 is 0 Å². The van der Waals surface area contributed by atoms with Crippen molar-refractivity contribution in [2.45, 2.75) is 26.2 Å². The van der Waals surface area contributed by atoms with Crippen molar-refractivity contribution in [1.82, 2.24) is 0 Å². The Morgan fingerprint density at radius 1 is 1.11 bits per heavy atom. The first-order valence-corrected chi connectivity index (χ1v) is 10.7. The second-order valence-electron chi connectivity index (χ2n) is 6.13. The molecule has 2 aromatic rings. The Morgan fingerprint density at radius 2 is 1.82 bits per heavy atom. The quantitative estimate of drug-likeness (QED) is 0.279. The molecule has 0 aliphatic carbocycles. The number of hydrogen-bond acceptors (Lipinski definition) is 7. The molecule has 2 aromatic carbocycles. The highest BCUT2D eigenvalue weighted by atomic mass is 32.2. The van der Waals surface area contributed by atoms with E-state index in [1.807, 2.05) is 24.3 Å². The topological polar surface area (TPSA) is 90.9 Å². The van der Waals surface area contributed by atoms with Crippen molar-refractivity contribution < 1.29 is 26.9 Å². The highest BCUT2D eigenvalue weighted by Gasteiger charge is 2.13. The highest BCUT2D eigenvalue weighted by molar-refractivity contribution is 7.86. The molecular weight excluding hydrogens is 382 g/mol. The maximum Gasteiger partial charge on any atom is 0.311 e. The fourth-order valence-corrected chi connectivity index (χ4v) is 2.97. The molecule has 8 heteroatoms. The van der Waals surface area contributed by atoms with E-state index >= 15 is 0 Å². The molecule has 0 spiro atoms. The first kappa shape index (κ1) is 21.6. The van der Waals surface area contributed by atoms with Gasteiger partial charge in [-0.15, -0.1) is 0 Å². The highest BCUT2D eigenvalue weighted by Crippen LogP contribution is 2.35. The number of carbonyl (C=O) groups excluding carboxylic acids is 1. The van der Waals surface area contributed by atoms with E-state index < -0.39 is 10.1 Å². The first-order valence-electron chi connectivity index (χ1n) is 8.92. The van der Waals surface area contributed by atoms with Crippen LogP contribution in [0.1, 0.15) is 25.3 Å². The van der Waals surface area contributed by atoms with Crippen molar-refractivity contribution in [3.63, 3.8) is 0 Å². The number of carbonyl (C=O) groups is 1. The summed E-state index contributed by atoms with van der Waals surface area (Å²) in [6.45, 7) is 2.39. The van der Waals surface area contributed by atoms with Crippen LogP contribution in [-0.2, 0) is 21.3 Å². The van der Waals surface area contributed by atoms with Gasteiger partial charge in [-0.1, -0.05) is 25.1 Å². The van der Waals surface area contributed by atoms with E-state index in [1.165, 1.54) is 7.11 Å². The zero-order valence-corrected chi connectivity index (χ0v) is 17.0. The minimum Gasteiger partial charge on any atom is -0.493 e. The summed E-state index contributed by atoms with van der Waals surface area (Å²) in [4.78, 5) is 11.7. The Bertz CT molecular complexity index is 893. The Balaban J connectivity index is 1.92. The van der Waals surface area contributed by atoms with Crippen molar-refractivity contribution in [3.05, 3.63) is 48.0 Å². The van der Waals surface area contributed by atoms with Crippen LogP contribution in [0.15, 0.2) is 42.5 Å². The van der Waals surface area contributed by atoms with E-state index in [2.05, 4.69) is 5.32 Å². The van der Waals surface area contributed by atoms with Gasteiger partial charge in [0.1, 0.15) is 5.75 Å². The van der Waals surface area contributed by atoms with Crippen LogP contribution in [-0.4, -0.2) is 34.3 Å². The molecule has 0 aliphatic rings. The largest absolute Gasteiger partial charge is 0.493 e. The van der Waals surface area contributed by atoms with Crippen molar-refractivity contribution in [2.24, 2.45) is 0 Å². The Hall–Kier alpha value is -2.74. The SMILES string of the molecule is CCC(=O)Oc1c(NCCCc2ccc(OS(C)(=O)=O)cc2)cccc1OC. The molecule has 0 heterocycles. The van der Waals surface area contributed by atoms with E-state index in [0.29, 0.717) is 29.5 Å². The first-order chi connectivity index (χ1) is 13.3. The summed E-state index contributed by atoms with van der Waals surface area (Å²) in [6.07, 6.45) is 2.90. The molecule has 0 saturated heterocycles. The van der Waals surface area contributed by atoms with Gasteiger partial charge in [-0.3, -0.25) is 4.79 Å². The van der Waals surface area contributed by atoms with Gasteiger partial charge < -0.3 is 19.0 Å². The molecule has 0 atom stereocenters. The second kappa shape index (κ2) is 9.98. The van der Waals surface area contributed by atoms with Crippen molar-refractivity contribution >= 4 is 21.8 Å². The summed E-state index contributed by atoms with van der Waals surface area (Å²) in [7, 11) is -1.99. The third-order valence-electron chi connectivity index (χ3n) is 3.83.